The van der Waals surface area contributed by atoms with Crippen molar-refractivity contribution in [2.75, 3.05) is 24.5 Å². The summed E-state index contributed by atoms with van der Waals surface area (Å²) in [5.41, 5.74) is 0.954. The highest BCUT2D eigenvalue weighted by molar-refractivity contribution is 5.93. The Bertz CT molecular complexity index is 916. The lowest BCUT2D eigenvalue weighted by atomic mass is 10.2. The number of H-pyrrole nitrogens is 1. The predicted molar refractivity (Wildman–Crippen MR) is 88.0 cm³/mol. The maximum absolute atomic E-state index is 12.8. The van der Waals surface area contributed by atoms with Gasteiger partial charge in [0.1, 0.15) is 24.0 Å². The molecule has 0 radical (unpaired) electrons. The molecule has 0 bridgehead atoms. The van der Waals surface area contributed by atoms with Gasteiger partial charge in [-0.3, -0.25) is 4.79 Å². The fourth-order valence-electron chi connectivity index (χ4n) is 3.75. The molecule has 0 atom stereocenters. The van der Waals surface area contributed by atoms with Crippen LogP contribution < -0.4 is 4.90 Å². The summed E-state index contributed by atoms with van der Waals surface area (Å²) in [5, 5.41) is 8.28. The molecule has 1 aliphatic carbocycles. The van der Waals surface area contributed by atoms with Crippen molar-refractivity contribution in [3.8, 4) is 0 Å². The van der Waals surface area contributed by atoms with Crippen LogP contribution in [0.5, 0.6) is 0 Å². The summed E-state index contributed by atoms with van der Waals surface area (Å²) in [6.45, 7) is 2.31. The number of aromatic amines is 1. The first-order chi connectivity index (χ1) is 12.3. The molecule has 9 heteroatoms. The van der Waals surface area contributed by atoms with E-state index in [4.69, 9.17) is 0 Å². The highest BCUT2D eigenvalue weighted by atomic mass is 16.6. The van der Waals surface area contributed by atoms with E-state index in [0.717, 1.165) is 49.2 Å². The number of carbonyl (C=O) groups excluding carboxylic acids is 1. The van der Waals surface area contributed by atoms with E-state index in [1.807, 2.05) is 17.2 Å². The predicted octanol–water partition coefficient (Wildman–Crippen LogP) is 1.23. The number of nitrogens with zero attached hydrogens (tertiary/aromatic N) is 6. The number of aromatic nitrogens is 5. The molecule has 0 aromatic carbocycles. The Morgan fingerprint density at radius 1 is 1.28 bits per heavy atom. The molecule has 4 heterocycles. The maximum Gasteiger partial charge on any atom is 0.278 e. The van der Waals surface area contributed by atoms with Gasteiger partial charge in [-0.2, -0.15) is 0 Å². The van der Waals surface area contributed by atoms with Gasteiger partial charge < -0.3 is 14.8 Å². The van der Waals surface area contributed by atoms with E-state index in [-0.39, 0.29) is 17.1 Å². The van der Waals surface area contributed by atoms with Crippen molar-refractivity contribution < 1.29 is 9.42 Å². The van der Waals surface area contributed by atoms with Gasteiger partial charge in [0.15, 0.2) is 5.69 Å². The van der Waals surface area contributed by atoms with E-state index in [2.05, 4.69) is 34.8 Å². The molecule has 9 nitrogen and oxygen atoms in total. The average Bonchev–Trinajstić information content (AvgIpc) is 3.05. The number of hydrogen-bond acceptors (Lipinski definition) is 7. The zero-order valence-corrected chi connectivity index (χ0v) is 13.6. The highest BCUT2D eigenvalue weighted by Crippen LogP contribution is 2.45. The van der Waals surface area contributed by atoms with Gasteiger partial charge in [-0.15, -0.1) is 0 Å². The SMILES string of the molecule is O=C(c1cnon1)N1CCCN(c2ncnc3[nH]ccc23)CC12CC2. The van der Waals surface area contributed by atoms with E-state index in [9.17, 15) is 4.79 Å². The summed E-state index contributed by atoms with van der Waals surface area (Å²) >= 11 is 0. The van der Waals surface area contributed by atoms with Crippen LogP contribution >= 0.6 is 0 Å². The minimum atomic E-state index is -0.153. The van der Waals surface area contributed by atoms with Gasteiger partial charge in [-0.1, -0.05) is 5.16 Å². The topological polar surface area (TPSA) is 104 Å². The van der Waals surface area contributed by atoms with Crippen molar-refractivity contribution in [3.63, 3.8) is 0 Å². The van der Waals surface area contributed by atoms with Crippen LogP contribution in [0.1, 0.15) is 29.8 Å². The van der Waals surface area contributed by atoms with Crippen molar-refractivity contribution in [1.29, 1.82) is 0 Å². The number of nitrogens with one attached hydrogen (secondary N) is 1. The molecule has 1 saturated heterocycles. The molecule has 2 aliphatic rings. The lowest BCUT2D eigenvalue weighted by Crippen LogP contribution is -2.47. The number of anilines is 1. The molecule has 1 aliphatic heterocycles. The van der Waals surface area contributed by atoms with E-state index in [1.165, 1.54) is 6.20 Å². The number of carbonyl (C=O) groups is 1. The third-order valence-corrected chi connectivity index (χ3v) is 5.15. The fourth-order valence-corrected chi connectivity index (χ4v) is 3.75. The first kappa shape index (κ1) is 14.4. The van der Waals surface area contributed by atoms with Gasteiger partial charge in [0, 0.05) is 25.8 Å². The van der Waals surface area contributed by atoms with Gasteiger partial charge in [0.25, 0.3) is 5.91 Å². The third-order valence-electron chi connectivity index (χ3n) is 5.15. The Labute approximate surface area is 143 Å². The van der Waals surface area contributed by atoms with Gasteiger partial charge >= 0.3 is 0 Å². The Balaban J connectivity index is 1.47. The molecule has 3 aromatic rings. The number of fused-ring (bicyclic) bond motifs is 1. The first-order valence-electron chi connectivity index (χ1n) is 8.39. The van der Waals surface area contributed by atoms with Crippen LogP contribution in [0.25, 0.3) is 11.0 Å². The summed E-state index contributed by atoms with van der Waals surface area (Å²) < 4.78 is 4.60. The fraction of sp³-hybridized carbons (Fsp3) is 0.438. The van der Waals surface area contributed by atoms with Crippen LogP contribution in [0.15, 0.2) is 29.4 Å². The largest absolute Gasteiger partial charge is 0.354 e. The molecule has 3 aromatic heterocycles. The van der Waals surface area contributed by atoms with E-state index in [0.29, 0.717) is 6.54 Å². The molecule has 1 N–H and O–H groups in total. The number of amides is 1. The monoisotopic (exact) mass is 339 g/mol. The summed E-state index contributed by atoms with van der Waals surface area (Å²) in [5.74, 6) is 0.824. The number of rotatable bonds is 2. The van der Waals surface area contributed by atoms with Gasteiger partial charge in [-0.25, -0.2) is 14.6 Å². The van der Waals surface area contributed by atoms with Crippen LogP contribution in [0.4, 0.5) is 5.82 Å². The molecule has 128 valence electrons. The minimum absolute atomic E-state index is 0.102. The van der Waals surface area contributed by atoms with Crippen molar-refractivity contribution in [1.82, 2.24) is 30.2 Å². The summed E-state index contributed by atoms with van der Waals surface area (Å²) in [6, 6.07) is 2.00. The standard InChI is InChI=1S/C16H17N7O2/c24-15(12-8-20-25-21-12)23-7-1-6-22(9-16(23)3-4-16)14-11-2-5-17-13(11)18-10-19-14/h2,5,8,10H,1,3-4,6-7,9H2,(H,17,18,19). The minimum Gasteiger partial charge on any atom is -0.354 e. The van der Waals surface area contributed by atoms with Crippen LogP contribution in [-0.4, -0.2) is 61.2 Å². The van der Waals surface area contributed by atoms with Crippen LogP contribution in [-0.2, 0) is 0 Å². The lowest BCUT2D eigenvalue weighted by Gasteiger charge is -2.32. The van der Waals surface area contributed by atoms with E-state index in [1.54, 1.807) is 6.33 Å². The zero-order chi connectivity index (χ0) is 16.9. The molecular formula is C16H17N7O2. The average molecular weight is 339 g/mol. The molecule has 0 unspecified atom stereocenters. The number of hydrogen-bond donors (Lipinski definition) is 1. The van der Waals surface area contributed by atoms with Gasteiger partial charge in [0.2, 0.25) is 0 Å². The second kappa shape index (κ2) is 5.27. The zero-order valence-electron chi connectivity index (χ0n) is 13.6. The maximum atomic E-state index is 12.8. The summed E-state index contributed by atoms with van der Waals surface area (Å²) in [4.78, 5) is 28.9. The molecule has 1 amide bonds. The van der Waals surface area contributed by atoms with E-state index >= 15 is 0 Å². The van der Waals surface area contributed by atoms with Crippen molar-refractivity contribution in [3.05, 3.63) is 30.5 Å². The van der Waals surface area contributed by atoms with Crippen molar-refractivity contribution in [2.45, 2.75) is 24.8 Å². The van der Waals surface area contributed by atoms with Crippen LogP contribution in [0.2, 0.25) is 0 Å². The Kier molecular flexibility index (Phi) is 3.03. The molecule has 1 spiro atoms. The Morgan fingerprint density at radius 2 is 2.20 bits per heavy atom. The smallest absolute Gasteiger partial charge is 0.278 e. The Hall–Kier alpha value is -2.97. The summed E-state index contributed by atoms with van der Waals surface area (Å²) in [6.07, 6.45) is 7.69. The molecule has 1 saturated carbocycles. The first-order valence-corrected chi connectivity index (χ1v) is 8.39. The van der Waals surface area contributed by atoms with Gasteiger partial charge in [-0.05, 0) is 30.5 Å². The van der Waals surface area contributed by atoms with Crippen molar-refractivity contribution >= 4 is 22.8 Å². The molecule has 2 fully saturated rings. The summed E-state index contributed by atoms with van der Waals surface area (Å²) in [7, 11) is 0. The molecule has 5 rings (SSSR count). The highest BCUT2D eigenvalue weighted by Gasteiger charge is 2.52. The quantitative estimate of drug-likeness (QED) is 0.748. The van der Waals surface area contributed by atoms with Gasteiger partial charge in [0.05, 0.1) is 10.9 Å². The Morgan fingerprint density at radius 3 is 3.00 bits per heavy atom. The lowest BCUT2D eigenvalue weighted by molar-refractivity contribution is 0.0658. The third kappa shape index (κ3) is 2.26. The second-order valence-electron chi connectivity index (χ2n) is 6.69. The molecular weight excluding hydrogens is 322 g/mol. The van der Waals surface area contributed by atoms with Crippen LogP contribution in [0, 0.1) is 0 Å². The molecule has 25 heavy (non-hydrogen) atoms. The van der Waals surface area contributed by atoms with E-state index < -0.39 is 0 Å². The van der Waals surface area contributed by atoms with Crippen LogP contribution in [0.3, 0.4) is 0 Å². The van der Waals surface area contributed by atoms with Crippen molar-refractivity contribution in [2.24, 2.45) is 0 Å². The second-order valence-corrected chi connectivity index (χ2v) is 6.69. The normalized spacial score (nSPS) is 19.4.